The second-order valence-corrected chi connectivity index (χ2v) is 10.5. The van der Waals surface area contributed by atoms with Crippen molar-refractivity contribution in [3.63, 3.8) is 0 Å². The zero-order valence-electron chi connectivity index (χ0n) is 15.9. The minimum Gasteiger partial charge on any atom is -0.363 e. The lowest BCUT2D eigenvalue weighted by atomic mass is 9.97. The van der Waals surface area contributed by atoms with Crippen molar-refractivity contribution in [3.8, 4) is 0 Å². The third kappa shape index (κ3) is 5.13. The summed E-state index contributed by atoms with van der Waals surface area (Å²) in [4.78, 5) is 13.3. The normalized spacial score (nSPS) is 13.4. The molecule has 0 aliphatic heterocycles. The number of carbonyl (C=O) groups excluding carboxylic acids is 1. The fourth-order valence-electron chi connectivity index (χ4n) is 3.32. The van der Waals surface area contributed by atoms with E-state index in [1.54, 1.807) is 0 Å². The number of Topliss-reactive ketones (excluding diaryl/α,β-unsaturated/α-hetero) is 1. The Labute approximate surface area is 143 Å². The standard InChI is InChI=1S/C20H32O2P/c1-12(2)22-20(23(13(3)4)14(5)6)19(21)18-16(8)10-15(7)11-17(18)9/h10-14,20H,1H2,2-9H3/t12-,20?/m1/s1. The maximum Gasteiger partial charge on any atom is 0.196 e. The van der Waals surface area contributed by atoms with E-state index >= 15 is 0 Å². The summed E-state index contributed by atoms with van der Waals surface area (Å²) in [5.74, 6) is -0.249. The lowest BCUT2D eigenvalue weighted by molar-refractivity contribution is 0.0516. The van der Waals surface area contributed by atoms with Gasteiger partial charge < -0.3 is 4.74 Å². The van der Waals surface area contributed by atoms with E-state index < -0.39 is 7.92 Å². The first-order valence-electron chi connectivity index (χ1n) is 8.44. The van der Waals surface area contributed by atoms with Gasteiger partial charge >= 0.3 is 0 Å². The maximum atomic E-state index is 13.3. The van der Waals surface area contributed by atoms with Gasteiger partial charge in [0.05, 0.1) is 6.10 Å². The summed E-state index contributed by atoms with van der Waals surface area (Å²) in [7, 11) is -0.582. The highest BCUT2D eigenvalue weighted by molar-refractivity contribution is 7.60. The maximum absolute atomic E-state index is 13.3. The zero-order chi connectivity index (χ0) is 17.9. The molecular weight excluding hydrogens is 303 g/mol. The Morgan fingerprint density at radius 2 is 1.43 bits per heavy atom. The molecule has 3 heteroatoms. The largest absolute Gasteiger partial charge is 0.363 e. The van der Waals surface area contributed by atoms with E-state index in [1.165, 1.54) is 5.56 Å². The predicted molar refractivity (Wildman–Crippen MR) is 102 cm³/mol. The number of hydrogen-bond acceptors (Lipinski definition) is 2. The highest BCUT2D eigenvalue weighted by Crippen LogP contribution is 2.52. The summed E-state index contributed by atoms with van der Waals surface area (Å²) >= 11 is 0. The van der Waals surface area contributed by atoms with E-state index in [4.69, 9.17) is 4.74 Å². The summed E-state index contributed by atoms with van der Waals surface area (Å²) in [6.07, 6.45) is -0.197. The Morgan fingerprint density at radius 3 is 1.78 bits per heavy atom. The van der Waals surface area contributed by atoms with E-state index in [2.05, 4.69) is 53.7 Å². The fraction of sp³-hybridized carbons (Fsp3) is 0.600. The van der Waals surface area contributed by atoms with Gasteiger partial charge in [0, 0.05) is 5.56 Å². The molecule has 0 heterocycles. The lowest BCUT2D eigenvalue weighted by Crippen LogP contribution is -2.31. The van der Waals surface area contributed by atoms with Gasteiger partial charge in [-0.2, -0.15) is 0 Å². The van der Waals surface area contributed by atoms with Crippen molar-refractivity contribution in [2.24, 2.45) is 0 Å². The van der Waals surface area contributed by atoms with Crippen LogP contribution >= 0.6 is 7.92 Å². The summed E-state index contributed by atoms with van der Waals surface area (Å²) in [5.41, 5.74) is 4.97. The number of rotatable bonds is 7. The summed E-state index contributed by atoms with van der Waals surface area (Å²) in [6.45, 7) is 20.7. The van der Waals surface area contributed by atoms with Gasteiger partial charge in [0.1, 0.15) is 5.85 Å². The van der Waals surface area contributed by atoms with E-state index in [0.29, 0.717) is 11.3 Å². The van der Waals surface area contributed by atoms with Crippen LogP contribution in [0.25, 0.3) is 0 Å². The van der Waals surface area contributed by atoms with Gasteiger partial charge in [-0.05, 0) is 57.1 Å². The molecule has 1 unspecified atom stereocenters. The molecule has 0 amide bonds. The van der Waals surface area contributed by atoms with Crippen LogP contribution in [0.15, 0.2) is 12.1 Å². The smallest absolute Gasteiger partial charge is 0.196 e. The molecule has 0 spiro atoms. The van der Waals surface area contributed by atoms with Gasteiger partial charge in [0.25, 0.3) is 0 Å². The Morgan fingerprint density at radius 1 is 1.00 bits per heavy atom. The van der Waals surface area contributed by atoms with Gasteiger partial charge in [-0.25, -0.2) is 0 Å². The lowest BCUT2D eigenvalue weighted by Gasteiger charge is -2.34. The molecule has 0 N–H and O–H groups in total. The molecule has 0 aliphatic rings. The summed E-state index contributed by atoms with van der Waals surface area (Å²) in [5, 5.41) is 0. The highest BCUT2D eigenvalue weighted by Gasteiger charge is 2.35. The fourth-order valence-corrected chi connectivity index (χ4v) is 6.34. The molecule has 0 bridgehead atoms. The monoisotopic (exact) mass is 335 g/mol. The minimum absolute atomic E-state index is 0.129. The van der Waals surface area contributed by atoms with Crippen LogP contribution in [0.4, 0.5) is 0 Å². The minimum atomic E-state index is -0.582. The van der Waals surface area contributed by atoms with Gasteiger partial charge in [-0.15, -0.1) is 0 Å². The molecule has 1 aromatic rings. The van der Waals surface area contributed by atoms with E-state index in [-0.39, 0.29) is 17.7 Å². The number of benzene rings is 1. The second kappa shape index (κ2) is 8.40. The average molecular weight is 335 g/mol. The molecule has 0 fully saturated rings. The number of ketones is 1. The van der Waals surface area contributed by atoms with Gasteiger partial charge in [-0.1, -0.05) is 53.3 Å². The average Bonchev–Trinajstić information content (AvgIpc) is 2.34. The van der Waals surface area contributed by atoms with Crippen LogP contribution in [-0.4, -0.2) is 29.1 Å². The Bertz CT molecular complexity index is 516. The quantitative estimate of drug-likeness (QED) is 0.475. The molecule has 0 aliphatic carbocycles. The SMILES string of the molecule is [CH2][C@H](C)OC(C(=O)c1c(C)cc(C)cc1C)P(C(C)C)C(C)C. The molecule has 0 saturated carbocycles. The molecule has 0 saturated heterocycles. The van der Waals surface area contributed by atoms with Gasteiger partial charge in [0.2, 0.25) is 0 Å². The topological polar surface area (TPSA) is 26.3 Å². The Hall–Kier alpha value is -0.720. The van der Waals surface area contributed by atoms with Crippen molar-refractivity contribution in [2.45, 2.75) is 78.7 Å². The van der Waals surface area contributed by atoms with Gasteiger partial charge in [0.15, 0.2) is 5.78 Å². The third-order valence-corrected chi connectivity index (χ3v) is 7.26. The highest BCUT2D eigenvalue weighted by atomic mass is 31.1. The van der Waals surface area contributed by atoms with E-state index in [1.807, 2.05) is 20.8 Å². The first-order valence-corrected chi connectivity index (χ1v) is 9.99. The number of hydrogen-bond donors (Lipinski definition) is 0. The van der Waals surface area contributed by atoms with Gasteiger partial charge in [-0.3, -0.25) is 4.79 Å². The number of carbonyl (C=O) groups is 1. The Balaban J connectivity index is 3.35. The first kappa shape index (κ1) is 20.3. The van der Waals surface area contributed by atoms with E-state index in [9.17, 15) is 4.79 Å². The molecule has 2 nitrogen and oxygen atoms in total. The first-order chi connectivity index (χ1) is 10.6. The van der Waals surface area contributed by atoms with Crippen LogP contribution in [0, 0.1) is 27.7 Å². The molecule has 0 aromatic heterocycles. The zero-order valence-corrected chi connectivity index (χ0v) is 16.8. The molecule has 2 atom stereocenters. The van der Waals surface area contributed by atoms with Crippen molar-refractivity contribution >= 4 is 13.7 Å². The third-order valence-electron chi connectivity index (χ3n) is 3.97. The molecule has 1 rings (SSSR count). The van der Waals surface area contributed by atoms with E-state index in [0.717, 1.165) is 16.7 Å². The number of ether oxygens (including phenoxy) is 1. The van der Waals surface area contributed by atoms with Crippen LogP contribution in [0.2, 0.25) is 0 Å². The second-order valence-electron chi connectivity index (χ2n) is 7.07. The van der Waals surface area contributed by atoms with Crippen LogP contribution in [0.1, 0.15) is 61.7 Å². The van der Waals surface area contributed by atoms with Crippen molar-refractivity contribution < 1.29 is 9.53 Å². The summed E-state index contributed by atoms with van der Waals surface area (Å²) in [6, 6.07) is 4.16. The number of aryl methyl sites for hydroxylation is 3. The van der Waals surface area contributed by atoms with Crippen LogP contribution in [-0.2, 0) is 4.74 Å². The van der Waals surface area contributed by atoms with Crippen LogP contribution in [0.5, 0.6) is 0 Å². The Kier molecular flexibility index (Phi) is 7.42. The van der Waals surface area contributed by atoms with Crippen molar-refractivity contribution in [2.75, 3.05) is 0 Å². The van der Waals surface area contributed by atoms with Crippen molar-refractivity contribution in [3.05, 3.63) is 41.3 Å². The summed E-state index contributed by atoms with van der Waals surface area (Å²) < 4.78 is 6.06. The molecule has 1 aromatic carbocycles. The molecule has 129 valence electrons. The van der Waals surface area contributed by atoms with Crippen LogP contribution < -0.4 is 0 Å². The van der Waals surface area contributed by atoms with Crippen molar-refractivity contribution in [1.29, 1.82) is 0 Å². The van der Waals surface area contributed by atoms with Crippen molar-refractivity contribution in [1.82, 2.24) is 0 Å². The molecular formula is C20H32O2P. The molecule has 1 radical (unpaired) electrons. The van der Waals surface area contributed by atoms with Crippen LogP contribution in [0.3, 0.4) is 0 Å². The predicted octanol–water partition coefficient (Wildman–Crippen LogP) is 5.66. The molecule has 23 heavy (non-hydrogen) atoms.